The summed E-state index contributed by atoms with van der Waals surface area (Å²) in [7, 11) is 0. The van der Waals surface area contributed by atoms with Crippen molar-refractivity contribution in [2.45, 2.75) is 51.9 Å². The van der Waals surface area contributed by atoms with Crippen LogP contribution in [0.4, 0.5) is 5.13 Å². The van der Waals surface area contributed by atoms with Crippen LogP contribution < -0.4 is 5.32 Å². The van der Waals surface area contributed by atoms with Gasteiger partial charge in [0, 0.05) is 19.4 Å². The Morgan fingerprint density at radius 3 is 2.50 bits per heavy atom. The normalized spacial score (nSPS) is 23.5. The minimum absolute atomic E-state index is 0.0968. The van der Waals surface area contributed by atoms with Gasteiger partial charge in [-0.15, -0.1) is 10.2 Å². The monoisotopic (exact) mass is 350 g/mol. The number of anilines is 1. The van der Waals surface area contributed by atoms with Crippen LogP contribution in [0.25, 0.3) is 0 Å². The predicted molar refractivity (Wildman–Crippen MR) is 89.3 cm³/mol. The zero-order chi connectivity index (χ0) is 17.1. The van der Waals surface area contributed by atoms with Crippen molar-refractivity contribution >= 4 is 34.2 Å². The highest BCUT2D eigenvalue weighted by molar-refractivity contribution is 7.15. The van der Waals surface area contributed by atoms with Crippen LogP contribution >= 0.6 is 11.3 Å². The van der Waals surface area contributed by atoms with Gasteiger partial charge in [0.15, 0.2) is 0 Å². The predicted octanol–water partition coefficient (Wildman–Crippen LogP) is 1.99. The summed E-state index contributed by atoms with van der Waals surface area (Å²) in [6.45, 7) is 2.21. The summed E-state index contributed by atoms with van der Waals surface area (Å²) >= 11 is 1.36. The van der Waals surface area contributed by atoms with Crippen LogP contribution in [0.3, 0.4) is 0 Å². The number of rotatable bonds is 6. The van der Waals surface area contributed by atoms with Gasteiger partial charge < -0.3 is 5.32 Å². The molecule has 0 aromatic carbocycles. The number of fused-ring (bicyclic) bond motifs is 1. The lowest BCUT2D eigenvalue weighted by Gasteiger charge is -2.19. The van der Waals surface area contributed by atoms with E-state index in [-0.39, 0.29) is 42.5 Å². The smallest absolute Gasteiger partial charge is 0.233 e. The van der Waals surface area contributed by atoms with Crippen LogP contribution in [0.15, 0.2) is 0 Å². The van der Waals surface area contributed by atoms with Gasteiger partial charge in [-0.25, -0.2) is 0 Å². The zero-order valence-corrected chi connectivity index (χ0v) is 14.6. The van der Waals surface area contributed by atoms with Crippen molar-refractivity contribution in [3.63, 3.8) is 0 Å². The van der Waals surface area contributed by atoms with E-state index in [1.807, 2.05) is 0 Å². The van der Waals surface area contributed by atoms with Gasteiger partial charge >= 0.3 is 0 Å². The van der Waals surface area contributed by atoms with Crippen LogP contribution in [-0.2, 0) is 20.8 Å². The standard InChI is InChI=1S/C16H22N4O3S/c1-2-5-13-18-19-16(24-13)17-12(21)8-9-20-14(22)10-6-3-4-7-11(10)15(20)23/h10-11H,2-9H2,1H3,(H,17,19,21)/t10-,11-/m0/s1. The number of amides is 3. The van der Waals surface area contributed by atoms with Gasteiger partial charge in [0.1, 0.15) is 5.01 Å². The van der Waals surface area contributed by atoms with Crippen LogP contribution in [-0.4, -0.2) is 39.4 Å². The number of nitrogens with zero attached hydrogens (tertiary/aromatic N) is 3. The lowest BCUT2D eigenvalue weighted by atomic mass is 9.81. The second-order valence-electron chi connectivity index (χ2n) is 6.37. The molecule has 2 aliphatic rings. The highest BCUT2D eigenvalue weighted by atomic mass is 32.1. The molecule has 24 heavy (non-hydrogen) atoms. The molecule has 1 aliphatic heterocycles. The molecule has 7 nitrogen and oxygen atoms in total. The molecule has 0 unspecified atom stereocenters. The molecule has 130 valence electrons. The zero-order valence-electron chi connectivity index (χ0n) is 13.8. The number of aromatic nitrogens is 2. The summed E-state index contributed by atoms with van der Waals surface area (Å²) in [4.78, 5) is 38.0. The molecule has 0 spiro atoms. The highest BCUT2D eigenvalue weighted by Crippen LogP contribution is 2.37. The molecule has 1 aromatic rings. The Bertz CT molecular complexity index is 621. The Balaban J connectivity index is 1.52. The first-order valence-electron chi connectivity index (χ1n) is 8.57. The van der Waals surface area contributed by atoms with E-state index < -0.39 is 0 Å². The molecule has 1 aromatic heterocycles. The second kappa shape index (κ2) is 7.38. The molecule has 8 heteroatoms. The van der Waals surface area contributed by atoms with Crippen molar-refractivity contribution in [1.29, 1.82) is 0 Å². The van der Waals surface area contributed by atoms with Gasteiger partial charge in [-0.05, 0) is 19.3 Å². The Morgan fingerprint density at radius 1 is 1.21 bits per heavy atom. The third-order valence-electron chi connectivity index (χ3n) is 4.67. The number of aryl methyl sites for hydroxylation is 1. The van der Waals surface area contributed by atoms with E-state index in [0.29, 0.717) is 5.13 Å². The van der Waals surface area contributed by atoms with Gasteiger partial charge in [-0.3, -0.25) is 19.3 Å². The van der Waals surface area contributed by atoms with Gasteiger partial charge in [0.25, 0.3) is 0 Å². The molecule has 2 heterocycles. The first kappa shape index (κ1) is 17.0. The summed E-state index contributed by atoms with van der Waals surface area (Å²) in [5, 5.41) is 12.0. The van der Waals surface area contributed by atoms with Crippen LogP contribution in [0.5, 0.6) is 0 Å². The minimum Gasteiger partial charge on any atom is -0.300 e. The molecule has 0 radical (unpaired) electrons. The fraction of sp³-hybridized carbons (Fsp3) is 0.688. The van der Waals surface area contributed by atoms with Gasteiger partial charge in [0.2, 0.25) is 22.9 Å². The summed E-state index contributed by atoms with van der Waals surface area (Å²) in [6, 6.07) is 0. The lowest BCUT2D eigenvalue weighted by Crippen LogP contribution is -2.34. The molecular formula is C16H22N4O3S. The lowest BCUT2D eigenvalue weighted by molar-refractivity contribution is -0.140. The quantitative estimate of drug-likeness (QED) is 0.792. The van der Waals surface area contributed by atoms with Gasteiger partial charge in [-0.2, -0.15) is 0 Å². The molecule has 1 saturated carbocycles. The maximum absolute atomic E-state index is 12.3. The van der Waals surface area contributed by atoms with Crippen molar-refractivity contribution in [3.8, 4) is 0 Å². The van der Waals surface area contributed by atoms with E-state index in [9.17, 15) is 14.4 Å². The molecular weight excluding hydrogens is 328 g/mol. The van der Waals surface area contributed by atoms with Gasteiger partial charge in [-0.1, -0.05) is 31.1 Å². The van der Waals surface area contributed by atoms with E-state index in [1.54, 1.807) is 0 Å². The van der Waals surface area contributed by atoms with Crippen molar-refractivity contribution in [2.75, 3.05) is 11.9 Å². The summed E-state index contributed by atoms with van der Waals surface area (Å²) in [6.07, 6.45) is 5.51. The molecule has 2 atom stereocenters. The third-order valence-corrected chi connectivity index (χ3v) is 5.57. The SMILES string of the molecule is CCCc1nnc(NC(=O)CCN2C(=O)[C@H]3CCCC[C@@H]3C2=O)s1. The Hall–Kier alpha value is -1.83. The second-order valence-corrected chi connectivity index (χ2v) is 7.44. The summed E-state index contributed by atoms with van der Waals surface area (Å²) in [5.41, 5.74) is 0. The minimum atomic E-state index is -0.246. The van der Waals surface area contributed by atoms with Crippen molar-refractivity contribution in [2.24, 2.45) is 11.8 Å². The number of hydrogen-bond acceptors (Lipinski definition) is 6. The van der Waals surface area contributed by atoms with Crippen molar-refractivity contribution < 1.29 is 14.4 Å². The highest BCUT2D eigenvalue weighted by Gasteiger charge is 2.47. The van der Waals surface area contributed by atoms with E-state index in [4.69, 9.17) is 0 Å². The van der Waals surface area contributed by atoms with Crippen molar-refractivity contribution in [1.82, 2.24) is 15.1 Å². The summed E-state index contributed by atoms with van der Waals surface area (Å²) in [5.74, 6) is -0.759. The van der Waals surface area contributed by atoms with E-state index in [2.05, 4.69) is 22.4 Å². The molecule has 3 rings (SSSR count). The van der Waals surface area contributed by atoms with Gasteiger partial charge in [0.05, 0.1) is 11.8 Å². The molecule has 1 N–H and O–H groups in total. The van der Waals surface area contributed by atoms with E-state index in [1.165, 1.54) is 16.2 Å². The summed E-state index contributed by atoms with van der Waals surface area (Å²) < 4.78 is 0. The average molecular weight is 350 g/mol. The van der Waals surface area contributed by atoms with Crippen molar-refractivity contribution in [3.05, 3.63) is 5.01 Å². The molecule has 0 bridgehead atoms. The average Bonchev–Trinajstić information content (AvgIpc) is 3.10. The molecule has 3 amide bonds. The molecule has 1 saturated heterocycles. The maximum atomic E-state index is 12.3. The number of likely N-dealkylation sites (tertiary alicyclic amines) is 1. The third kappa shape index (κ3) is 3.48. The van der Waals surface area contributed by atoms with Crippen LogP contribution in [0.2, 0.25) is 0 Å². The fourth-order valence-electron chi connectivity index (χ4n) is 3.47. The topological polar surface area (TPSA) is 92.3 Å². The first-order chi connectivity index (χ1) is 11.6. The van der Waals surface area contributed by atoms with Crippen LogP contribution in [0, 0.1) is 11.8 Å². The largest absolute Gasteiger partial charge is 0.300 e. The Morgan fingerprint density at radius 2 is 1.88 bits per heavy atom. The number of carbonyl (C=O) groups is 3. The number of nitrogens with one attached hydrogen (secondary N) is 1. The number of hydrogen-bond donors (Lipinski definition) is 1. The van der Waals surface area contributed by atoms with E-state index in [0.717, 1.165) is 43.5 Å². The fourth-order valence-corrected chi connectivity index (χ4v) is 4.32. The van der Waals surface area contributed by atoms with E-state index >= 15 is 0 Å². The Labute approximate surface area is 144 Å². The maximum Gasteiger partial charge on any atom is 0.233 e. The van der Waals surface area contributed by atoms with Crippen LogP contribution in [0.1, 0.15) is 50.5 Å². The Kier molecular flexibility index (Phi) is 5.23. The number of imide groups is 1. The molecule has 2 fully saturated rings. The number of carbonyl (C=O) groups excluding carboxylic acids is 3. The molecule has 1 aliphatic carbocycles. The first-order valence-corrected chi connectivity index (χ1v) is 9.39.